The summed E-state index contributed by atoms with van der Waals surface area (Å²) >= 11 is 0. The highest BCUT2D eigenvalue weighted by Crippen LogP contribution is 1.90. The number of hydrogen-bond acceptors (Lipinski definition) is 4. The fraction of sp³-hybridized carbons (Fsp3) is 0.800. The molecule has 0 aromatic rings. The molecule has 0 bridgehead atoms. The zero-order chi connectivity index (χ0) is 10.6. The Morgan fingerprint density at radius 1 is 1.50 bits per heavy atom. The molecule has 80 valence electrons. The molecule has 0 unspecified atom stereocenters. The van der Waals surface area contributed by atoms with E-state index >= 15 is 0 Å². The molecule has 1 rings (SSSR count). The second-order valence-electron chi connectivity index (χ2n) is 2.94. The summed E-state index contributed by atoms with van der Waals surface area (Å²) in [6, 6.07) is 1.87. The first-order valence-electron chi connectivity index (χ1n) is 5.04. The second kappa shape index (κ2) is 10.0. The monoisotopic (exact) mass is 198 g/mol. The summed E-state index contributed by atoms with van der Waals surface area (Å²) in [5, 5.41) is 11.2. The van der Waals surface area contributed by atoms with E-state index in [4.69, 9.17) is 5.26 Å². The number of esters is 1. The number of rotatable bonds is 3. The van der Waals surface area contributed by atoms with E-state index in [0.29, 0.717) is 6.42 Å². The fourth-order valence-electron chi connectivity index (χ4n) is 0.938. The van der Waals surface area contributed by atoms with Gasteiger partial charge in [-0.05, 0) is 25.9 Å². The highest BCUT2D eigenvalue weighted by molar-refractivity contribution is 5.68. The van der Waals surface area contributed by atoms with Crippen LogP contribution < -0.4 is 5.32 Å². The molecule has 0 aliphatic carbocycles. The molecular weight excluding hydrogens is 180 g/mol. The van der Waals surface area contributed by atoms with Gasteiger partial charge in [-0.1, -0.05) is 6.92 Å². The molecule has 4 heteroatoms. The van der Waals surface area contributed by atoms with Gasteiger partial charge in [-0.15, -0.1) is 0 Å². The quantitative estimate of drug-likeness (QED) is 0.547. The summed E-state index contributed by atoms with van der Waals surface area (Å²) in [5.41, 5.74) is 0. The third-order valence-electron chi connectivity index (χ3n) is 1.72. The van der Waals surface area contributed by atoms with E-state index in [2.05, 4.69) is 10.1 Å². The molecule has 0 radical (unpaired) electrons. The van der Waals surface area contributed by atoms with Gasteiger partial charge in [0.25, 0.3) is 0 Å². The molecule has 0 atom stereocenters. The van der Waals surface area contributed by atoms with Crippen LogP contribution in [0, 0.1) is 11.3 Å². The van der Waals surface area contributed by atoms with Crippen LogP contribution in [0.25, 0.3) is 0 Å². The van der Waals surface area contributed by atoms with Crippen molar-refractivity contribution < 1.29 is 9.53 Å². The Morgan fingerprint density at radius 3 is 2.50 bits per heavy atom. The largest absolute Gasteiger partial charge is 0.465 e. The summed E-state index contributed by atoms with van der Waals surface area (Å²) < 4.78 is 4.57. The summed E-state index contributed by atoms with van der Waals surface area (Å²) in [6.45, 7) is 4.44. The first kappa shape index (κ1) is 12.9. The van der Waals surface area contributed by atoms with Crippen molar-refractivity contribution in [1.82, 2.24) is 5.32 Å². The van der Waals surface area contributed by atoms with Gasteiger partial charge in [-0.25, -0.2) is 0 Å². The van der Waals surface area contributed by atoms with Gasteiger partial charge in [0.2, 0.25) is 0 Å². The van der Waals surface area contributed by atoms with E-state index in [1.165, 1.54) is 25.9 Å². The smallest absolute Gasteiger partial charge is 0.305 e. The van der Waals surface area contributed by atoms with Gasteiger partial charge in [-0.3, -0.25) is 4.79 Å². The van der Waals surface area contributed by atoms with Crippen molar-refractivity contribution in [3.05, 3.63) is 0 Å². The van der Waals surface area contributed by atoms with Crippen molar-refractivity contribution in [2.24, 2.45) is 0 Å². The number of carbonyl (C=O) groups excluding carboxylic acids is 1. The van der Waals surface area contributed by atoms with Crippen LogP contribution in [-0.4, -0.2) is 25.7 Å². The first-order chi connectivity index (χ1) is 6.81. The second-order valence-corrected chi connectivity index (χ2v) is 2.94. The molecule has 1 N–H and O–H groups in total. The maximum absolute atomic E-state index is 10.4. The van der Waals surface area contributed by atoms with E-state index in [1.807, 2.05) is 6.07 Å². The maximum atomic E-state index is 10.4. The molecule has 0 saturated carbocycles. The molecule has 0 amide bonds. The molecule has 1 saturated heterocycles. The molecule has 1 aliphatic heterocycles. The predicted molar refractivity (Wildman–Crippen MR) is 53.6 cm³/mol. The molecule has 1 fully saturated rings. The first-order valence-corrected chi connectivity index (χ1v) is 5.04. The van der Waals surface area contributed by atoms with Gasteiger partial charge in [-0.2, -0.15) is 5.26 Å². The Bertz CT molecular complexity index is 175. The Morgan fingerprint density at radius 2 is 2.14 bits per heavy atom. The molecule has 0 aromatic carbocycles. The lowest BCUT2D eigenvalue weighted by atomic mass is 10.4. The lowest BCUT2D eigenvalue weighted by Crippen LogP contribution is -2.03. The molecule has 1 aliphatic rings. The molecule has 0 aromatic heterocycles. The number of nitrogens with zero attached hydrogens (tertiary/aromatic N) is 1. The van der Waals surface area contributed by atoms with Crippen molar-refractivity contribution in [1.29, 1.82) is 5.26 Å². The van der Waals surface area contributed by atoms with Gasteiger partial charge in [0.15, 0.2) is 0 Å². The predicted octanol–water partition coefficient (Wildman–Crippen LogP) is 1.22. The summed E-state index contributed by atoms with van der Waals surface area (Å²) in [6.07, 6.45) is 3.44. The van der Waals surface area contributed by atoms with E-state index in [-0.39, 0.29) is 19.0 Å². The molecule has 4 nitrogen and oxygen atoms in total. The third-order valence-corrected chi connectivity index (χ3v) is 1.72. The lowest BCUT2D eigenvalue weighted by Gasteiger charge is -1.96. The van der Waals surface area contributed by atoms with Crippen molar-refractivity contribution in [3.8, 4) is 6.07 Å². The lowest BCUT2D eigenvalue weighted by molar-refractivity contribution is -0.143. The van der Waals surface area contributed by atoms with E-state index < -0.39 is 0 Å². The summed E-state index contributed by atoms with van der Waals surface area (Å²) in [4.78, 5) is 10.4. The van der Waals surface area contributed by atoms with Crippen LogP contribution in [0.3, 0.4) is 0 Å². The minimum Gasteiger partial charge on any atom is -0.465 e. The topological polar surface area (TPSA) is 62.1 Å². The molecule has 14 heavy (non-hydrogen) atoms. The van der Waals surface area contributed by atoms with Crippen LogP contribution in [0.2, 0.25) is 0 Å². The summed E-state index contributed by atoms with van der Waals surface area (Å²) in [7, 11) is 0. The highest BCUT2D eigenvalue weighted by Gasteiger charge is 1.94. The van der Waals surface area contributed by atoms with Gasteiger partial charge in [0.05, 0.1) is 12.5 Å². The van der Waals surface area contributed by atoms with Crippen LogP contribution in [0.15, 0.2) is 0 Å². The van der Waals surface area contributed by atoms with Gasteiger partial charge in [0, 0.05) is 6.42 Å². The average Bonchev–Trinajstić information content (AvgIpc) is 2.76. The van der Waals surface area contributed by atoms with Gasteiger partial charge in [0.1, 0.15) is 6.61 Å². The number of carbonyl (C=O) groups is 1. The average molecular weight is 198 g/mol. The molecule has 0 spiro atoms. The Balaban J connectivity index is 0.000000280. The van der Waals surface area contributed by atoms with Crippen LogP contribution in [0.1, 0.15) is 32.6 Å². The van der Waals surface area contributed by atoms with E-state index in [1.54, 1.807) is 6.92 Å². The van der Waals surface area contributed by atoms with Gasteiger partial charge < -0.3 is 10.1 Å². The minimum absolute atomic E-state index is 0.225. The van der Waals surface area contributed by atoms with Crippen LogP contribution in [-0.2, 0) is 9.53 Å². The van der Waals surface area contributed by atoms with E-state index in [9.17, 15) is 4.79 Å². The number of ether oxygens (including phenoxy) is 1. The van der Waals surface area contributed by atoms with Crippen molar-refractivity contribution >= 4 is 5.97 Å². The Hall–Kier alpha value is -1.08. The minimum atomic E-state index is -0.245. The SMILES string of the molecule is C1CCNC1.CCC(=O)OCCC#N. The van der Waals surface area contributed by atoms with Crippen LogP contribution in [0.5, 0.6) is 0 Å². The standard InChI is InChI=1S/C6H9NO2.C4H9N/c1-2-6(8)9-5-3-4-7;1-2-4-5-3-1/h2-3,5H2,1H3;5H,1-4H2. The Labute approximate surface area is 85.2 Å². The van der Waals surface area contributed by atoms with Crippen LogP contribution in [0.4, 0.5) is 0 Å². The number of nitrogens with one attached hydrogen (secondary N) is 1. The molecular formula is C10H18N2O2. The zero-order valence-corrected chi connectivity index (χ0v) is 8.71. The van der Waals surface area contributed by atoms with Gasteiger partial charge >= 0.3 is 5.97 Å². The summed E-state index contributed by atoms with van der Waals surface area (Å²) in [5.74, 6) is -0.245. The van der Waals surface area contributed by atoms with Crippen molar-refractivity contribution in [2.75, 3.05) is 19.7 Å². The zero-order valence-electron chi connectivity index (χ0n) is 8.71. The third kappa shape index (κ3) is 9.01. The van der Waals surface area contributed by atoms with E-state index in [0.717, 1.165) is 0 Å². The van der Waals surface area contributed by atoms with Crippen LogP contribution >= 0.6 is 0 Å². The normalized spacial score (nSPS) is 13.7. The highest BCUT2D eigenvalue weighted by atomic mass is 16.5. The Kier molecular flexibility index (Phi) is 9.23. The fourth-order valence-corrected chi connectivity index (χ4v) is 0.938. The number of nitriles is 1. The van der Waals surface area contributed by atoms with Crippen molar-refractivity contribution in [2.45, 2.75) is 32.6 Å². The number of hydrogen-bond donors (Lipinski definition) is 1. The maximum Gasteiger partial charge on any atom is 0.305 e. The molecule has 1 heterocycles. The van der Waals surface area contributed by atoms with Crippen molar-refractivity contribution in [3.63, 3.8) is 0 Å².